The van der Waals surface area contributed by atoms with Gasteiger partial charge in [0.2, 0.25) is 0 Å². The molecule has 0 spiro atoms. The molecule has 2 fully saturated rings. The highest BCUT2D eigenvalue weighted by Crippen LogP contribution is 2.33. The zero-order valence-electron chi connectivity index (χ0n) is 11.5. The van der Waals surface area contributed by atoms with E-state index in [1.165, 1.54) is 32.8 Å². The summed E-state index contributed by atoms with van der Waals surface area (Å²) in [5.41, 5.74) is -0.460. The Kier molecular flexibility index (Phi) is 4.62. The summed E-state index contributed by atoms with van der Waals surface area (Å²) in [6.45, 7) is 0. The Bertz CT molecular complexity index is 279. The number of ether oxygens (including phenoxy) is 2. The predicted octanol–water partition coefficient (Wildman–Crippen LogP) is 2.02. The van der Waals surface area contributed by atoms with E-state index in [1.807, 2.05) is 0 Å². The number of methoxy groups -OCH3 is 2. The minimum atomic E-state index is -0.460. The van der Waals surface area contributed by atoms with Crippen LogP contribution in [0.25, 0.3) is 0 Å². The number of esters is 1. The number of carbonyl (C=O) groups excluding carboxylic acids is 1. The van der Waals surface area contributed by atoms with E-state index in [2.05, 4.69) is 5.32 Å². The molecule has 2 aliphatic carbocycles. The average Bonchev–Trinajstić information content (AvgIpc) is 2.91. The number of nitrogens with one attached hydrogen (secondary N) is 1. The molecule has 0 aromatic heterocycles. The first-order valence-corrected chi connectivity index (χ1v) is 7.09. The second-order valence-electron chi connectivity index (χ2n) is 5.63. The topological polar surface area (TPSA) is 47.6 Å². The Hall–Kier alpha value is -0.610. The normalized spacial score (nSPS) is 33.6. The zero-order chi connectivity index (χ0) is 13.0. The van der Waals surface area contributed by atoms with Crippen LogP contribution in [-0.4, -0.2) is 37.9 Å². The molecular formula is C14H25NO3. The molecule has 0 unspecified atom stereocenters. The summed E-state index contributed by atoms with van der Waals surface area (Å²) in [5.74, 6) is -0.0936. The summed E-state index contributed by atoms with van der Waals surface area (Å²) in [5, 5.41) is 3.60. The standard InChI is InChI=1S/C14H25NO3/c1-17-12-7-9-14(10-8-12,13(16)18-2)15-11-5-3-4-6-11/h11-12,15H,3-10H2,1-2H3. The van der Waals surface area contributed by atoms with E-state index in [9.17, 15) is 4.79 Å². The minimum absolute atomic E-state index is 0.0936. The molecule has 18 heavy (non-hydrogen) atoms. The van der Waals surface area contributed by atoms with Crippen LogP contribution in [0.15, 0.2) is 0 Å². The summed E-state index contributed by atoms with van der Waals surface area (Å²) < 4.78 is 10.4. The van der Waals surface area contributed by atoms with Crippen molar-refractivity contribution >= 4 is 5.97 Å². The van der Waals surface area contributed by atoms with Gasteiger partial charge in [-0.3, -0.25) is 10.1 Å². The molecule has 0 atom stereocenters. The van der Waals surface area contributed by atoms with Gasteiger partial charge in [0.15, 0.2) is 0 Å². The first-order chi connectivity index (χ1) is 8.70. The third-order valence-electron chi connectivity index (χ3n) is 4.53. The third kappa shape index (κ3) is 2.86. The lowest BCUT2D eigenvalue weighted by Gasteiger charge is -2.40. The summed E-state index contributed by atoms with van der Waals surface area (Å²) in [6.07, 6.45) is 8.75. The van der Waals surface area contributed by atoms with Gasteiger partial charge < -0.3 is 9.47 Å². The molecule has 0 aliphatic heterocycles. The summed E-state index contributed by atoms with van der Waals surface area (Å²) in [7, 11) is 3.24. The van der Waals surface area contributed by atoms with Gasteiger partial charge in [0.25, 0.3) is 0 Å². The number of carbonyl (C=O) groups is 1. The van der Waals surface area contributed by atoms with Crippen LogP contribution in [0.3, 0.4) is 0 Å². The smallest absolute Gasteiger partial charge is 0.326 e. The lowest BCUT2D eigenvalue weighted by atomic mass is 9.79. The van der Waals surface area contributed by atoms with Crippen molar-refractivity contribution in [2.24, 2.45) is 0 Å². The van der Waals surface area contributed by atoms with E-state index in [0.717, 1.165) is 25.7 Å². The van der Waals surface area contributed by atoms with Crippen molar-refractivity contribution < 1.29 is 14.3 Å². The number of hydrogen-bond donors (Lipinski definition) is 1. The molecule has 4 heteroatoms. The van der Waals surface area contributed by atoms with Crippen LogP contribution < -0.4 is 5.32 Å². The van der Waals surface area contributed by atoms with Gasteiger partial charge in [0.05, 0.1) is 13.2 Å². The van der Waals surface area contributed by atoms with Crippen LogP contribution >= 0.6 is 0 Å². The Balaban J connectivity index is 2.01. The fraction of sp³-hybridized carbons (Fsp3) is 0.929. The third-order valence-corrected chi connectivity index (χ3v) is 4.53. The minimum Gasteiger partial charge on any atom is -0.468 e. The summed E-state index contributed by atoms with van der Waals surface area (Å²) >= 11 is 0. The van der Waals surface area contributed by atoms with Crippen molar-refractivity contribution in [3.8, 4) is 0 Å². The molecule has 0 amide bonds. The molecule has 2 saturated carbocycles. The number of rotatable bonds is 4. The molecule has 0 bridgehead atoms. The Labute approximate surface area is 109 Å². The van der Waals surface area contributed by atoms with Crippen LogP contribution in [0.4, 0.5) is 0 Å². The molecule has 2 aliphatic rings. The predicted molar refractivity (Wildman–Crippen MR) is 69.4 cm³/mol. The highest BCUT2D eigenvalue weighted by Gasteiger charge is 2.44. The fourth-order valence-corrected chi connectivity index (χ4v) is 3.38. The van der Waals surface area contributed by atoms with Crippen LogP contribution in [0, 0.1) is 0 Å². The van der Waals surface area contributed by atoms with Crippen molar-refractivity contribution in [1.82, 2.24) is 5.32 Å². The van der Waals surface area contributed by atoms with Gasteiger partial charge in [-0.1, -0.05) is 12.8 Å². The molecule has 0 radical (unpaired) electrons. The van der Waals surface area contributed by atoms with Gasteiger partial charge >= 0.3 is 5.97 Å². The SMILES string of the molecule is COC(=O)C1(NC2CCCC2)CCC(OC)CC1. The Morgan fingerprint density at radius 1 is 1.11 bits per heavy atom. The Morgan fingerprint density at radius 3 is 2.22 bits per heavy atom. The van der Waals surface area contributed by atoms with Crippen LogP contribution in [0.1, 0.15) is 51.4 Å². The van der Waals surface area contributed by atoms with Crippen LogP contribution in [-0.2, 0) is 14.3 Å². The second kappa shape index (κ2) is 6.02. The highest BCUT2D eigenvalue weighted by molar-refractivity contribution is 5.81. The quantitative estimate of drug-likeness (QED) is 0.781. The highest BCUT2D eigenvalue weighted by atomic mass is 16.5. The van der Waals surface area contributed by atoms with Gasteiger partial charge in [-0.15, -0.1) is 0 Å². The van der Waals surface area contributed by atoms with E-state index in [4.69, 9.17) is 9.47 Å². The van der Waals surface area contributed by atoms with Crippen molar-refractivity contribution in [1.29, 1.82) is 0 Å². The van der Waals surface area contributed by atoms with Crippen molar-refractivity contribution in [3.05, 3.63) is 0 Å². The summed E-state index contributed by atoms with van der Waals surface area (Å²) in [6, 6.07) is 0.489. The lowest BCUT2D eigenvalue weighted by Crippen LogP contribution is -2.58. The van der Waals surface area contributed by atoms with Gasteiger partial charge in [-0.25, -0.2) is 0 Å². The molecule has 4 nitrogen and oxygen atoms in total. The Morgan fingerprint density at radius 2 is 1.72 bits per heavy atom. The van der Waals surface area contributed by atoms with Crippen LogP contribution in [0.2, 0.25) is 0 Å². The molecule has 0 heterocycles. The largest absolute Gasteiger partial charge is 0.468 e. The second-order valence-corrected chi connectivity index (χ2v) is 5.63. The lowest BCUT2D eigenvalue weighted by molar-refractivity contribution is -0.152. The zero-order valence-corrected chi connectivity index (χ0v) is 11.5. The molecular weight excluding hydrogens is 230 g/mol. The van der Waals surface area contributed by atoms with Gasteiger partial charge in [0, 0.05) is 13.2 Å². The summed E-state index contributed by atoms with van der Waals surface area (Å²) in [4.78, 5) is 12.1. The molecule has 0 aromatic carbocycles. The van der Waals surface area contributed by atoms with E-state index in [1.54, 1.807) is 7.11 Å². The monoisotopic (exact) mass is 255 g/mol. The molecule has 0 saturated heterocycles. The van der Waals surface area contributed by atoms with E-state index in [0.29, 0.717) is 12.1 Å². The maximum atomic E-state index is 12.1. The van der Waals surface area contributed by atoms with E-state index < -0.39 is 5.54 Å². The average molecular weight is 255 g/mol. The molecule has 0 aromatic rings. The van der Waals surface area contributed by atoms with Gasteiger partial charge in [0.1, 0.15) is 5.54 Å². The van der Waals surface area contributed by atoms with E-state index in [-0.39, 0.29) is 5.97 Å². The fourth-order valence-electron chi connectivity index (χ4n) is 3.38. The molecule has 104 valence electrons. The first-order valence-electron chi connectivity index (χ1n) is 7.09. The van der Waals surface area contributed by atoms with Gasteiger partial charge in [-0.05, 0) is 38.5 Å². The maximum absolute atomic E-state index is 12.1. The maximum Gasteiger partial charge on any atom is 0.326 e. The molecule has 1 N–H and O–H groups in total. The van der Waals surface area contributed by atoms with Crippen LogP contribution in [0.5, 0.6) is 0 Å². The van der Waals surface area contributed by atoms with Crippen molar-refractivity contribution in [2.45, 2.75) is 69.1 Å². The number of hydrogen-bond acceptors (Lipinski definition) is 4. The van der Waals surface area contributed by atoms with Crippen molar-refractivity contribution in [3.63, 3.8) is 0 Å². The van der Waals surface area contributed by atoms with Gasteiger partial charge in [-0.2, -0.15) is 0 Å². The van der Waals surface area contributed by atoms with Crippen molar-refractivity contribution in [2.75, 3.05) is 14.2 Å². The first kappa shape index (κ1) is 13.8. The molecule has 2 rings (SSSR count). The van der Waals surface area contributed by atoms with E-state index >= 15 is 0 Å².